The fraction of sp³-hybridized carbons (Fsp3) is 0.778. The van der Waals surface area contributed by atoms with E-state index < -0.39 is 5.97 Å². The SMILES string of the molecule is CCCCCCCCCCCCCCCCCCCCCCCCCCCCCCCCOCCCN=c1ccc2c(-c3ccccc3C(=O)O)c3ccc(NCCCOCCCCCCCCCCCCCCCCCCCCCCCCCCCCCCCC)cc3oc-2c1. The monoisotopic (exact) mass is 1340 g/mol. The van der Waals surface area contributed by atoms with Crippen molar-refractivity contribution in [2.75, 3.05) is 44.8 Å². The molecule has 2 aliphatic rings. The van der Waals surface area contributed by atoms with Gasteiger partial charge in [-0.15, -0.1) is 0 Å². The lowest BCUT2D eigenvalue weighted by Gasteiger charge is -2.17. The van der Waals surface area contributed by atoms with E-state index in [0.29, 0.717) is 30.1 Å². The number of hydrogen-bond donors (Lipinski definition) is 2. The van der Waals surface area contributed by atoms with Crippen molar-refractivity contribution >= 4 is 22.6 Å². The topological polar surface area (TPSA) is 93.3 Å². The average Bonchev–Trinajstić information content (AvgIpc) is 0.753. The second-order valence-corrected chi connectivity index (χ2v) is 30.0. The Morgan fingerprint density at radius 3 is 1.05 bits per heavy atom. The van der Waals surface area contributed by atoms with Crippen molar-refractivity contribution < 1.29 is 23.8 Å². The summed E-state index contributed by atoms with van der Waals surface area (Å²) < 4.78 is 18.7. The number of carbonyl (C=O) groups is 1. The number of ether oxygens (including phenoxy) is 2. The molecule has 1 aliphatic heterocycles. The maximum absolute atomic E-state index is 12.5. The third kappa shape index (κ3) is 46.5. The number of carboxylic acids is 1. The molecule has 554 valence electrons. The van der Waals surface area contributed by atoms with Crippen molar-refractivity contribution in [2.24, 2.45) is 4.99 Å². The van der Waals surface area contributed by atoms with Crippen LogP contribution >= 0.6 is 0 Å². The molecule has 0 aromatic heterocycles. The zero-order valence-electron chi connectivity index (χ0n) is 63.9. The van der Waals surface area contributed by atoms with Crippen molar-refractivity contribution in [1.29, 1.82) is 0 Å². The van der Waals surface area contributed by atoms with Gasteiger partial charge in [-0.1, -0.05) is 404 Å². The Bertz CT molecular complexity index is 2410. The minimum atomic E-state index is -0.948. The maximum Gasteiger partial charge on any atom is 0.336 e. The number of unbranched alkanes of at least 4 members (excludes halogenated alkanes) is 58. The van der Waals surface area contributed by atoms with Crippen LogP contribution in [-0.2, 0) is 9.47 Å². The van der Waals surface area contributed by atoms with Crippen molar-refractivity contribution in [1.82, 2.24) is 0 Å². The highest BCUT2D eigenvalue weighted by molar-refractivity contribution is 6.07. The molecule has 0 bridgehead atoms. The van der Waals surface area contributed by atoms with Gasteiger partial charge in [-0.05, 0) is 61.6 Å². The number of carboxylic acid groups (broad SMARTS) is 1. The van der Waals surface area contributed by atoms with Crippen LogP contribution in [0.3, 0.4) is 0 Å². The fourth-order valence-electron chi connectivity index (χ4n) is 14.7. The third-order valence-electron chi connectivity index (χ3n) is 21.0. The molecule has 4 rings (SSSR count). The molecule has 0 fully saturated rings. The van der Waals surface area contributed by atoms with Gasteiger partial charge in [0.1, 0.15) is 11.3 Å². The molecule has 7 heteroatoms. The standard InChI is InChI=1S/C90H154N2O5/c1-3-5-7-9-11-13-15-17-19-21-23-25-27-29-31-33-35-37-39-41-43-45-47-49-51-53-55-57-59-63-75-95-77-65-73-91-81-69-71-85-87(79-81)97-88-80-82(70-72-86(88)89(85)83-67-61-62-68-84(83)90(93)94)92-74-66-78-96-76-64-60-58-56-54-52-50-48-46-44-42-40-38-36-34-32-30-28-26-24-22-20-18-16-14-12-10-8-6-4-2/h61-62,67-72,79-80,91H,3-60,63-66,73-78H2,1-2H3,(H,93,94). The first kappa shape index (κ1) is 85.7. The predicted molar refractivity (Wildman–Crippen MR) is 423 cm³/mol. The minimum Gasteiger partial charge on any atom is -0.478 e. The molecule has 0 saturated heterocycles. The third-order valence-corrected chi connectivity index (χ3v) is 21.0. The normalized spacial score (nSPS) is 12.0. The summed E-state index contributed by atoms with van der Waals surface area (Å²) in [5.41, 5.74) is 4.33. The van der Waals surface area contributed by atoms with Crippen LogP contribution in [0.15, 0.2) is 70.1 Å². The molecule has 1 aliphatic carbocycles. The highest BCUT2D eigenvalue weighted by Gasteiger charge is 2.21. The Hall–Kier alpha value is -3.68. The van der Waals surface area contributed by atoms with Crippen molar-refractivity contribution in [3.8, 4) is 22.5 Å². The van der Waals surface area contributed by atoms with Gasteiger partial charge in [0, 0.05) is 73.9 Å². The molecule has 1 heterocycles. The van der Waals surface area contributed by atoms with Crippen LogP contribution in [0.5, 0.6) is 0 Å². The van der Waals surface area contributed by atoms with E-state index in [4.69, 9.17) is 18.9 Å². The fourth-order valence-corrected chi connectivity index (χ4v) is 14.7. The van der Waals surface area contributed by atoms with Gasteiger partial charge in [-0.3, -0.25) is 4.99 Å². The zero-order valence-corrected chi connectivity index (χ0v) is 63.9. The summed E-state index contributed by atoms with van der Waals surface area (Å²) in [6.07, 6.45) is 87.2. The van der Waals surface area contributed by atoms with Gasteiger partial charge in [-0.25, -0.2) is 4.79 Å². The number of nitrogens with zero attached hydrogens (tertiary/aromatic N) is 1. The van der Waals surface area contributed by atoms with E-state index in [0.717, 1.165) is 79.6 Å². The van der Waals surface area contributed by atoms with Crippen LogP contribution in [0.4, 0.5) is 5.69 Å². The quantitative estimate of drug-likeness (QED) is 0.0338. The second-order valence-electron chi connectivity index (χ2n) is 30.0. The summed E-state index contributed by atoms with van der Waals surface area (Å²) in [4.78, 5) is 17.4. The van der Waals surface area contributed by atoms with Gasteiger partial charge in [0.05, 0.1) is 10.9 Å². The highest BCUT2D eigenvalue weighted by atomic mass is 16.5. The van der Waals surface area contributed by atoms with Crippen LogP contribution in [-0.4, -0.2) is 50.6 Å². The second kappa shape index (κ2) is 64.4. The van der Waals surface area contributed by atoms with E-state index in [9.17, 15) is 9.90 Å². The minimum absolute atomic E-state index is 0.269. The number of aromatic carboxylic acids is 1. The first-order valence-corrected chi connectivity index (χ1v) is 42.9. The Morgan fingerprint density at radius 1 is 0.361 bits per heavy atom. The summed E-state index contributed by atoms with van der Waals surface area (Å²) in [7, 11) is 0. The zero-order chi connectivity index (χ0) is 68.5. The molecule has 0 saturated carbocycles. The number of rotatable bonds is 73. The lowest BCUT2D eigenvalue weighted by atomic mass is 9.90. The van der Waals surface area contributed by atoms with E-state index in [1.165, 1.54) is 372 Å². The average molecular weight is 1340 g/mol. The van der Waals surface area contributed by atoms with Crippen molar-refractivity contribution in [3.05, 3.63) is 71.6 Å². The van der Waals surface area contributed by atoms with Crippen LogP contribution in [0.25, 0.3) is 33.4 Å². The van der Waals surface area contributed by atoms with E-state index in [1.54, 1.807) is 12.1 Å². The molecule has 0 spiro atoms. The summed E-state index contributed by atoms with van der Waals surface area (Å²) >= 11 is 0. The van der Waals surface area contributed by atoms with E-state index in [1.807, 2.05) is 36.4 Å². The molecule has 0 radical (unpaired) electrons. The molecular formula is C90H154N2O5. The van der Waals surface area contributed by atoms with Gasteiger partial charge in [0.15, 0.2) is 0 Å². The van der Waals surface area contributed by atoms with Crippen LogP contribution in [0, 0.1) is 0 Å². The van der Waals surface area contributed by atoms with Crippen molar-refractivity contribution in [3.63, 3.8) is 0 Å². The van der Waals surface area contributed by atoms with E-state index in [2.05, 4.69) is 31.3 Å². The molecular weight excluding hydrogens is 1190 g/mol. The molecule has 7 nitrogen and oxygen atoms in total. The number of hydrogen-bond acceptors (Lipinski definition) is 6. The highest BCUT2D eigenvalue weighted by Crippen LogP contribution is 2.42. The number of benzene rings is 3. The first-order valence-electron chi connectivity index (χ1n) is 42.9. The lowest BCUT2D eigenvalue weighted by Crippen LogP contribution is -2.07. The van der Waals surface area contributed by atoms with E-state index >= 15 is 0 Å². The number of anilines is 1. The maximum atomic E-state index is 12.5. The van der Waals surface area contributed by atoms with Crippen LogP contribution < -0.4 is 10.7 Å². The van der Waals surface area contributed by atoms with Gasteiger partial charge < -0.3 is 24.3 Å². The van der Waals surface area contributed by atoms with E-state index in [-0.39, 0.29) is 5.56 Å². The molecule has 2 N–H and O–H groups in total. The summed E-state index contributed by atoms with van der Waals surface area (Å²) in [5.74, 6) is -0.264. The summed E-state index contributed by atoms with van der Waals surface area (Å²) in [5, 5.41) is 15.6. The van der Waals surface area contributed by atoms with Gasteiger partial charge in [-0.2, -0.15) is 0 Å². The Balaban J connectivity index is 0.947. The molecule has 0 atom stereocenters. The molecule has 0 amide bonds. The van der Waals surface area contributed by atoms with Crippen molar-refractivity contribution in [2.45, 2.75) is 412 Å². The summed E-state index contributed by atoms with van der Waals surface area (Å²) in [6, 6.07) is 19.5. The lowest BCUT2D eigenvalue weighted by molar-refractivity contribution is 0.0697. The molecule has 97 heavy (non-hydrogen) atoms. The van der Waals surface area contributed by atoms with Gasteiger partial charge in [0.25, 0.3) is 0 Å². The van der Waals surface area contributed by atoms with Crippen LogP contribution in [0.1, 0.15) is 422 Å². The molecule has 2 aromatic carbocycles. The van der Waals surface area contributed by atoms with Gasteiger partial charge >= 0.3 is 5.97 Å². The molecule has 0 unspecified atom stereocenters. The molecule has 2 aromatic rings. The Labute approximate surface area is 599 Å². The first-order chi connectivity index (χ1) is 48.1. The van der Waals surface area contributed by atoms with Gasteiger partial charge in [0.2, 0.25) is 0 Å². The largest absolute Gasteiger partial charge is 0.478 e. The predicted octanol–water partition coefficient (Wildman–Crippen LogP) is 29.5. The Kier molecular flexibility index (Phi) is 56.9. The number of nitrogens with one attached hydrogen (secondary N) is 1. The van der Waals surface area contributed by atoms with Crippen LogP contribution in [0.2, 0.25) is 0 Å². The summed E-state index contributed by atoms with van der Waals surface area (Å²) in [6.45, 7) is 9.19. The smallest absolute Gasteiger partial charge is 0.336 e. The Morgan fingerprint density at radius 2 is 0.691 bits per heavy atom. The number of fused-ring (bicyclic) bond motifs is 2.